The predicted octanol–water partition coefficient (Wildman–Crippen LogP) is 4.79. The molecule has 2 aromatic carbocycles. The van der Waals surface area contributed by atoms with E-state index in [4.69, 9.17) is 4.74 Å². The molecular formula is C19H18IN3O3. The molecule has 0 saturated heterocycles. The van der Waals surface area contributed by atoms with E-state index in [1.807, 2.05) is 50.2 Å². The summed E-state index contributed by atoms with van der Waals surface area (Å²) in [6, 6.07) is 11.4. The molecule has 1 amide bonds. The lowest BCUT2D eigenvalue weighted by Crippen LogP contribution is -2.09. The van der Waals surface area contributed by atoms with Crippen molar-refractivity contribution in [2.45, 2.75) is 13.8 Å². The van der Waals surface area contributed by atoms with E-state index in [2.05, 4.69) is 32.8 Å². The van der Waals surface area contributed by atoms with Gasteiger partial charge in [0.25, 0.3) is 0 Å². The Kier molecular flexibility index (Phi) is 5.26. The van der Waals surface area contributed by atoms with Crippen molar-refractivity contribution in [1.82, 2.24) is 4.57 Å². The number of carbonyl (C=O) groups excluding carboxylic acids is 1. The third-order valence-electron chi connectivity index (χ3n) is 4.08. The van der Waals surface area contributed by atoms with Gasteiger partial charge in [-0.15, -0.1) is 10.2 Å². The van der Waals surface area contributed by atoms with Gasteiger partial charge in [-0.3, -0.25) is 4.79 Å². The van der Waals surface area contributed by atoms with Crippen molar-refractivity contribution in [3.8, 4) is 11.6 Å². The van der Waals surface area contributed by atoms with E-state index >= 15 is 0 Å². The van der Waals surface area contributed by atoms with Crippen LogP contribution in [0.3, 0.4) is 0 Å². The minimum absolute atomic E-state index is 0.0343. The lowest BCUT2D eigenvalue weighted by atomic mass is 10.1. The number of aromatic hydroxyl groups is 1. The van der Waals surface area contributed by atoms with Crippen molar-refractivity contribution in [1.29, 1.82) is 0 Å². The summed E-state index contributed by atoms with van der Waals surface area (Å²) in [6.07, 6.45) is 0. The van der Waals surface area contributed by atoms with Crippen molar-refractivity contribution in [2.24, 2.45) is 17.3 Å². The van der Waals surface area contributed by atoms with Crippen LogP contribution in [0.25, 0.3) is 10.9 Å². The summed E-state index contributed by atoms with van der Waals surface area (Å²) in [7, 11) is 1.73. The van der Waals surface area contributed by atoms with E-state index in [0.717, 1.165) is 25.6 Å². The number of nitrogens with zero attached hydrogens (tertiary/aromatic N) is 3. The molecule has 7 heteroatoms. The molecule has 3 aromatic rings. The number of aromatic nitrogens is 1. The van der Waals surface area contributed by atoms with E-state index in [0.29, 0.717) is 5.75 Å². The van der Waals surface area contributed by atoms with Gasteiger partial charge in [-0.1, -0.05) is 18.2 Å². The van der Waals surface area contributed by atoms with Crippen molar-refractivity contribution < 1.29 is 14.6 Å². The molecule has 0 radical (unpaired) electrons. The molecular weight excluding hydrogens is 445 g/mol. The fourth-order valence-electron chi connectivity index (χ4n) is 2.85. The first-order chi connectivity index (χ1) is 12.4. The molecule has 1 heterocycles. The monoisotopic (exact) mass is 463 g/mol. The van der Waals surface area contributed by atoms with E-state index in [1.165, 1.54) is 0 Å². The zero-order valence-corrected chi connectivity index (χ0v) is 16.8. The van der Waals surface area contributed by atoms with E-state index in [1.54, 1.807) is 11.6 Å². The molecule has 134 valence electrons. The van der Waals surface area contributed by atoms with Crippen molar-refractivity contribution in [3.05, 3.63) is 51.1 Å². The van der Waals surface area contributed by atoms with Gasteiger partial charge in [0, 0.05) is 16.0 Å². The van der Waals surface area contributed by atoms with Crippen LogP contribution in [0.5, 0.6) is 11.6 Å². The SMILES string of the molecule is Cc1cc(I)cc(C)c1OCC(=O)N=Nc1c(O)n(C)c2ccccc12. The number of rotatable bonds is 4. The summed E-state index contributed by atoms with van der Waals surface area (Å²) >= 11 is 2.24. The first-order valence-corrected chi connectivity index (χ1v) is 9.07. The number of para-hydroxylation sites is 1. The van der Waals surface area contributed by atoms with Crippen molar-refractivity contribution in [3.63, 3.8) is 0 Å². The zero-order chi connectivity index (χ0) is 18.8. The van der Waals surface area contributed by atoms with Gasteiger partial charge in [0.1, 0.15) is 5.75 Å². The van der Waals surface area contributed by atoms with Gasteiger partial charge in [-0.25, -0.2) is 0 Å². The number of fused-ring (bicyclic) bond motifs is 1. The third kappa shape index (κ3) is 3.57. The second-order valence-corrected chi connectivity index (χ2v) is 7.25. The third-order valence-corrected chi connectivity index (χ3v) is 4.70. The molecule has 0 aliphatic rings. The van der Waals surface area contributed by atoms with E-state index < -0.39 is 5.91 Å². The van der Waals surface area contributed by atoms with Crippen LogP contribution in [0.1, 0.15) is 11.1 Å². The zero-order valence-electron chi connectivity index (χ0n) is 14.7. The van der Waals surface area contributed by atoms with Crippen LogP contribution < -0.4 is 4.74 Å². The number of hydrogen-bond donors (Lipinski definition) is 1. The van der Waals surface area contributed by atoms with Gasteiger partial charge in [-0.05, 0) is 65.8 Å². The molecule has 1 N–H and O–H groups in total. The van der Waals surface area contributed by atoms with Crippen molar-refractivity contribution in [2.75, 3.05) is 6.61 Å². The van der Waals surface area contributed by atoms with Crippen LogP contribution in [-0.2, 0) is 11.8 Å². The second-order valence-electron chi connectivity index (χ2n) is 6.00. The fourth-order valence-corrected chi connectivity index (χ4v) is 3.79. The molecule has 1 aromatic heterocycles. The van der Waals surface area contributed by atoms with Gasteiger partial charge in [0.15, 0.2) is 12.3 Å². The Hall–Kier alpha value is -2.42. The van der Waals surface area contributed by atoms with Gasteiger partial charge in [0.05, 0.1) is 5.52 Å². The molecule has 0 fully saturated rings. The first kappa shape index (κ1) is 18.4. The van der Waals surface area contributed by atoms with Crippen LogP contribution in [0.15, 0.2) is 46.6 Å². The molecule has 0 spiro atoms. The predicted molar refractivity (Wildman–Crippen MR) is 108 cm³/mol. The Balaban J connectivity index is 1.76. The Morgan fingerprint density at radius 1 is 1.23 bits per heavy atom. The average molecular weight is 463 g/mol. The quantitative estimate of drug-likeness (QED) is 0.447. The number of azo groups is 1. The number of amides is 1. The lowest BCUT2D eigenvalue weighted by Gasteiger charge is -2.10. The second kappa shape index (κ2) is 7.45. The normalized spacial score (nSPS) is 11.4. The van der Waals surface area contributed by atoms with Gasteiger partial charge < -0.3 is 14.4 Å². The summed E-state index contributed by atoms with van der Waals surface area (Å²) in [6.45, 7) is 3.66. The molecule has 0 saturated carbocycles. The summed E-state index contributed by atoms with van der Waals surface area (Å²) in [4.78, 5) is 12.1. The average Bonchev–Trinajstić information content (AvgIpc) is 2.83. The number of benzene rings is 2. The maximum atomic E-state index is 12.1. The minimum Gasteiger partial charge on any atom is -0.493 e. The molecule has 26 heavy (non-hydrogen) atoms. The molecule has 0 bridgehead atoms. The number of halogens is 1. The van der Waals surface area contributed by atoms with Crippen LogP contribution in [0.4, 0.5) is 5.69 Å². The highest BCUT2D eigenvalue weighted by molar-refractivity contribution is 14.1. The maximum absolute atomic E-state index is 12.1. The highest BCUT2D eigenvalue weighted by Crippen LogP contribution is 2.37. The molecule has 3 rings (SSSR count). The number of ether oxygens (including phenoxy) is 1. The molecule has 0 unspecified atom stereocenters. The first-order valence-electron chi connectivity index (χ1n) is 7.99. The molecule has 0 aliphatic carbocycles. The summed E-state index contributed by atoms with van der Waals surface area (Å²) < 4.78 is 8.33. The maximum Gasteiger partial charge on any atom is 0.302 e. The number of hydrogen-bond acceptors (Lipinski definition) is 4. The van der Waals surface area contributed by atoms with Crippen LogP contribution >= 0.6 is 22.6 Å². The van der Waals surface area contributed by atoms with E-state index in [-0.39, 0.29) is 18.2 Å². The Morgan fingerprint density at radius 3 is 2.58 bits per heavy atom. The largest absolute Gasteiger partial charge is 0.493 e. The van der Waals surface area contributed by atoms with Crippen LogP contribution in [-0.4, -0.2) is 22.2 Å². The molecule has 6 nitrogen and oxygen atoms in total. The minimum atomic E-state index is -0.519. The van der Waals surface area contributed by atoms with Gasteiger partial charge in [0.2, 0.25) is 5.88 Å². The van der Waals surface area contributed by atoms with Gasteiger partial charge >= 0.3 is 5.91 Å². The number of carbonyl (C=O) groups is 1. The van der Waals surface area contributed by atoms with Gasteiger partial charge in [-0.2, -0.15) is 0 Å². The summed E-state index contributed by atoms with van der Waals surface area (Å²) in [5.74, 6) is 0.129. The summed E-state index contributed by atoms with van der Waals surface area (Å²) in [5, 5.41) is 18.6. The molecule has 0 aliphatic heterocycles. The van der Waals surface area contributed by atoms with E-state index in [9.17, 15) is 9.90 Å². The van der Waals surface area contributed by atoms with Crippen molar-refractivity contribution >= 4 is 45.1 Å². The smallest absolute Gasteiger partial charge is 0.302 e. The Morgan fingerprint density at radius 2 is 1.88 bits per heavy atom. The molecule has 0 atom stereocenters. The topological polar surface area (TPSA) is 76.2 Å². The van der Waals surface area contributed by atoms with Crippen LogP contribution in [0, 0.1) is 17.4 Å². The fraction of sp³-hybridized carbons (Fsp3) is 0.211. The highest BCUT2D eigenvalue weighted by Gasteiger charge is 2.14. The summed E-state index contributed by atoms with van der Waals surface area (Å²) in [5.41, 5.74) is 3.02. The van der Waals surface area contributed by atoms with Crippen LogP contribution in [0.2, 0.25) is 0 Å². The number of aryl methyl sites for hydroxylation is 3. The Bertz CT molecular complexity index is 1000. The highest BCUT2D eigenvalue weighted by atomic mass is 127. The standard InChI is InChI=1S/C19H18IN3O3/c1-11-8-13(20)9-12(2)18(11)26-10-16(24)21-22-17-14-6-4-5-7-15(14)23(3)19(17)25/h4-9,25H,10H2,1-3H3. The Labute approximate surface area is 164 Å². The lowest BCUT2D eigenvalue weighted by molar-refractivity contribution is -0.120.